The van der Waals surface area contributed by atoms with Gasteiger partial charge in [0.15, 0.2) is 0 Å². The number of rotatable bonds is 8. The summed E-state index contributed by atoms with van der Waals surface area (Å²) in [6.45, 7) is 9.24. The Kier molecular flexibility index (Phi) is 8.31. The molecule has 2 heterocycles. The summed E-state index contributed by atoms with van der Waals surface area (Å²) in [6.07, 6.45) is 3.47. The molecule has 178 valence electrons. The van der Waals surface area contributed by atoms with E-state index in [1.807, 2.05) is 29.2 Å². The van der Waals surface area contributed by atoms with Crippen molar-refractivity contribution in [2.24, 2.45) is 11.8 Å². The van der Waals surface area contributed by atoms with E-state index in [1.165, 1.54) is 22.9 Å². The average molecular weight is 515 g/mol. The fraction of sp³-hybridized carbons (Fsp3) is 0.519. The highest BCUT2D eigenvalue weighted by Crippen LogP contribution is 2.29. The van der Waals surface area contributed by atoms with Gasteiger partial charge < -0.3 is 19.3 Å². The van der Waals surface area contributed by atoms with Crippen molar-refractivity contribution in [2.45, 2.75) is 45.8 Å². The lowest BCUT2D eigenvalue weighted by Crippen LogP contribution is -2.47. The van der Waals surface area contributed by atoms with Crippen LogP contribution in [0.25, 0.3) is 0 Å². The molecule has 1 unspecified atom stereocenters. The Morgan fingerprint density at radius 3 is 2.58 bits per heavy atom. The zero-order valence-corrected chi connectivity index (χ0v) is 21.3. The summed E-state index contributed by atoms with van der Waals surface area (Å²) in [5.41, 5.74) is 2.48. The molecule has 0 radical (unpaired) electrons. The molecule has 6 heteroatoms. The third-order valence-electron chi connectivity index (χ3n) is 6.52. The second-order valence-corrected chi connectivity index (χ2v) is 10.5. The fourth-order valence-electron chi connectivity index (χ4n) is 4.86. The van der Waals surface area contributed by atoms with Gasteiger partial charge in [-0.05, 0) is 81.4 Å². The number of halogens is 1. The van der Waals surface area contributed by atoms with Crippen LogP contribution in [0, 0.1) is 11.8 Å². The number of hydrogen-bond acceptors (Lipinski definition) is 4. The second kappa shape index (κ2) is 11.4. The molecule has 1 atom stereocenters. The maximum Gasteiger partial charge on any atom is 0.410 e. The number of amides is 1. The maximum absolute atomic E-state index is 12.2. The van der Waals surface area contributed by atoms with E-state index in [2.05, 4.69) is 58.9 Å². The first-order chi connectivity index (χ1) is 16.0. The van der Waals surface area contributed by atoms with Gasteiger partial charge in [-0.3, -0.25) is 0 Å². The van der Waals surface area contributed by atoms with Crippen LogP contribution < -0.4 is 4.74 Å². The Labute approximate surface area is 206 Å². The lowest BCUT2D eigenvalue weighted by atomic mass is 9.89. The number of ether oxygens (including phenoxy) is 2. The lowest BCUT2D eigenvalue weighted by molar-refractivity contribution is 0.0242. The zero-order valence-electron chi connectivity index (χ0n) is 19.7. The number of piperidine rings is 1. The van der Waals surface area contributed by atoms with Crippen LogP contribution in [0.1, 0.15) is 37.8 Å². The minimum absolute atomic E-state index is 0.185. The predicted octanol–water partition coefficient (Wildman–Crippen LogP) is 5.76. The summed E-state index contributed by atoms with van der Waals surface area (Å²) < 4.78 is 12.6. The van der Waals surface area contributed by atoms with E-state index < -0.39 is 0 Å². The highest BCUT2D eigenvalue weighted by Gasteiger charge is 2.30. The lowest BCUT2D eigenvalue weighted by Gasteiger charge is -2.38. The van der Waals surface area contributed by atoms with E-state index in [1.54, 1.807) is 0 Å². The summed E-state index contributed by atoms with van der Waals surface area (Å²) in [7, 11) is 0. The van der Waals surface area contributed by atoms with Crippen molar-refractivity contribution < 1.29 is 14.3 Å². The first kappa shape index (κ1) is 24.1. The van der Waals surface area contributed by atoms with Crippen molar-refractivity contribution in [3.05, 3.63) is 64.1 Å². The summed E-state index contributed by atoms with van der Waals surface area (Å²) in [5.74, 6) is 2.00. The molecule has 0 aliphatic carbocycles. The van der Waals surface area contributed by atoms with Gasteiger partial charge >= 0.3 is 6.09 Å². The minimum Gasteiger partial charge on any atom is -0.491 e. The third-order valence-corrected chi connectivity index (χ3v) is 7.29. The molecule has 1 amide bonds. The molecule has 2 aromatic rings. The Hall–Kier alpha value is -2.05. The van der Waals surface area contributed by atoms with Crippen molar-refractivity contribution in [2.75, 3.05) is 32.8 Å². The van der Waals surface area contributed by atoms with E-state index in [0.29, 0.717) is 25.0 Å². The van der Waals surface area contributed by atoms with Crippen molar-refractivity contribution >= 4 is 22.0 Å². The number of benzene rings is 2. The van der Waals surface area contributed by atoms with E-state index in [4.69, 9.17) is 9.47 Å². The molecule has 0 spiro atoms. The van der Waals surface area contributed by atoms with Gasteiger partial charge in [0.2, 0.25) is 0 Å². The standard InChI is InChI=1S/C27H35BrN2O3/c1-20(2)33-25-8-9-26(28)24(15-25)14-21-10-12-29(13-11-21)16-23-18-30(27(31)32-19-23)17-22-6-4-3-5-7-22/h3-9,15,20-21,23H,10-14,16-19H2,1-2H3. The Morgan fingerprint density at radius 2 is 1.85 bits per heavy atom. The van der Waals surface area contributed by atoms with Gasteiger partial charge in [-0.25, -0.2) is 4.79 Å². The molecule has 0 bridgehead atoms. The van der Waals surface area contributed by atoms with Crippen LogP contribution >= 0.6 is 15.9 Å². The largest absolute Gasteiger partial charge is 0.491 e. The number of carbonyl (C=O) groups is 1. The Balaban J connectivity index is 1.25. The fourth-order valence-corrected chi connectivity index (χ4v) is 5.27. The molecule has 4 rings (SSSR count). The van der Waals surface area contributed by atoms with Crippen molar-refractivity contribution in [3.63, 3.8) is 0 Å². The zero-order chi connectivity index (χ0) is 23.2. The summed E-state index contributed by atoms with van der Waals surface area (Å²) in [5, 5.41) is 0. The molecule has 2 aliphatic heterocycles. The molecule has 5 nitrogen and oxygen atoms in total. The number of likely N-dealkylation sites (tertiary alicyclic amines) is 1. The Bertz CT molecular complexity index is 913. The minimum atomic E-state index is -0.192. The van der Waals surface area contributed by atoms with E-state index >= 15 is 0 Å². The van der Waals surface area contributed by atoms with Crippen LogP contribution in [-0.4, -0.2) is 54.8 Å². The first-order valence-electron chi connectivity index (χ1n) is 12.1. The SMILES string of the molecule is CC(C)Oc1ccc(Br)c(CC2CCN(CC3COC(=O)N(Cc4ccccc4)C3)CC2)c1. The number of carbonyl (C=O) groups excluding carboxylic acids is 1. The quantitative estimate of drug-likeness (QED) is 0.449. The Morgan fingerprint density at radius 1 is 1.09 bits per heavy atom. The van der Waals surface area contributed by atoms with Gasteiger partial charge in [0.25, 0.3) is 0 Å². The number of cyclic esters (lactones) is 1. The molecule has 2 saturated heterocycles. The molecule has 2 aliphatic rings. The third kappa shape index (κ3) is 6.97. The molecule has 0 saturated carbocycles. The van der Waals surface area contributed by atoms with Crippen molar-refractivity contribution in [1.29, 1.82) is 0 Å². The topological polar surface area (TPSA) is 42.0 Å². The van der Waals surface area contributed by atoms with Crippen LogP contribution in [-0.2, 0) is 17.7 Å². The van der Waals surface area contributed by atoms with Gasteiger partial charge in [0.05, 0.1) is 12.7 Å². The van der Waals surface area contributed by atoms with E-state index in [0.717, 1.165) is 43.9 Å². The van der Waals surface area contributed by atoms with Crippen LogP contribution in [0.15, 0.2) is 53.0 Å². The normalized spacial score (nSPS) is 20.2. The molecular weight excluding hydrogens is 480 g/mol. The summed E-state index contributed by atoms with van der Waals surface area (Å²) in [4.78, 5) is 16.6. The monoisotopic (exact) mass is 514 g/mol. The molecule has 0 N–H and O–H groups in total. The van der Waals surface area contributed by atoms with Crippen LogP contribution in [0.5, 0.6) is 5.75 Å². The second-order valence-electron chi connectivity index (χ2n) is 9.68. The van der Waals surface area contributed by atoms with Crippen molar-refractivity contribution in [3.8, 4) is 5.75 Å². The van der Waals surface area contributed by atoms with E-state index in [9.17, 15) is 4.79 Å². The molecule has 0 aromatic heterocycles. The van der Waals surface area contributed by atoms with Gasteiger partial charge in [-0.2, -0.15) is 0 Å². The summed E-state index contributed by atoms with van der Waals surface area (Å²) in [6, 6.07) is 16.5. The van der Waals surface area contributed by atoms with Gasteiger partial charge in [-0.1, -0.05) is 46.3 Å². The maximum atomic E-state index is 12.2. The number of hydrogen-bond donors (Lipinski definition) is 0. The molecule has 33 heavy (non-hydrogen) atoms. The molecule has 2 aromatic carbocycles. The van der Waals surface area contributed by atoms with Crippen LogP contribution in [0.4, 0.5) is 4.79 Å². The molecular formula is C27H35BrN2O3. The highest BCUT2D eigenvalue weighted by atomic mass is 79.9. The van der Waals surface area contributed by atoms with Crippen LogP contribution in [0.3, 0.4) is 0 Å². The summed E-state index contributed by atoms with van der Waals surface area (Å²) >= 11 is 3.72. The number of nitrogens with zero attached hydrogens (tertiary/aromatic N) is 2. The van der Waals surface area contributed by atoms with Gasteiger partial charge in [0, 0.05) is 30.0 Å². The smallest absolute Gasteiger partial charge is 0.410 e. The molecule has 2 fully saturated rings. The van der Waals surface area contributed by atoms with Crippen LogP contribution in [0.2, 0.25) is 0 Å². The first-order valence-corrected chi connectivity index (χ1v) is 12.9. The average Bonchev–Trinajstić information content (AvgIpc) is 2.80. The predicted molar refractivity (Wildman–Crippen MR) is 134 cm³/mol. The van der Waals surface area contributed by atoms with Gasteiger partial charge in [0.1, 0.15) is 5.75 Å². The highest BCUT2D eigenvalue weighted by molar-refractivity contribution is 9.10. The van der Waals surface area contributed by atoms with Crippen molar-refractivity contribution in [1.82, 2.24) is 9.80 Å². The van der Waals surface area contributed by atoms with Gasteiger partial charge in [-0.15, -0.1) is 0 Å². The van der Waals surface area contributed by atoms with E-state index in [-0.39, 0.29) is 12.2 Å².